The number of rotatable bonds is 2. The smallest absolute Gasteiger partial charge is 0.336 e. The summed E-state index contributed by atoms with van der Waals surface area (Å²) < 4.78 is 12.6. The highest BCUT2D eigenvalue weighted by molar-refractivity contribution is 7.13. The summed E-state index contributed by atoms with van der Waals surface area (Å²) in [5, 5.41) is 10.3. The Balaban J connectivity index is 2.37. The average molecular weight is 222 g/mol. The van der Waals surface area contributed by atoms with Crippen molar-refractivity contribution in [2.45, 2.75) is 0 Å². The molecule has 76 valence electrons. The molecule has 0 fully saturated rings. The molecular weight excluding hydrogens is 215 g/mol. The van der Waals surface area contributed by atoms with Gasteiger partial charge in [-0.15, -0.1) is 11.3 Å². The largest absolute Gasteiger partial charge is 0.478 e. The Morgan fingerprint density at radius 1 is 1.27 bits per heavy atom. The maximum absolute atomic E-state index is 12.6. The van der Waals surface area contributed by atoms with Gasteiger partial charge in [0, 0.05) is 10.3 Å². The first-order chi connectivity index (χ1) is 7.16. The van der Waals surface area contributed by atoms with Crippen molar-refractivity contribution in [1.29, 1.82) is 0 Å². The second-order valence-electron chi connectivity index (χ2n) is 3.01. The molecule has 0 aliphatic heterocycles. The van der Waals surface area contributed by atoms with Gasteiger partial charge in [0.15, 0.2) is 0 Å². The molecule has 2 aromatic rings. The van der Waals surface area contributed by atoms with Gasteiger partial charge < -0.3 is 5.11 Å². The second-order valence-corrected chi connectivity index (χ2v) is 3.92. The summed E-state index contributed by atoms with van der Waals surface area (Å²) >= 11 is 1.33. The molecule has 0 unspecified atom stereocenters. The number of halogens is 1. The third-order valence-corrected chi connectivity index (χ3v) is 2.95. The van der Waals surface area contributed by atoms with E-state index in [9.17, 15) is 9.18 Å². The highest BCUT2D eigenvalue weighted by Gasteiger charge is 2.07. The van der Waals surface area contributed by atoms with Crippen molar-refractivity contribution in [3.63, 3.8) is 0 Å². The van der Waals surface area contributed by atoms with Crippen LogP contribution in [0.3, 0.4) is 0 Å². The average Bonchev–Trinajstić information content (AvgIpc) is 2.68. The van der Waals surface area contributed by atoms with E-state index in [4.69, 9.17) is 5.11 Å². The summed E-state index contributed by atoms with van der Waals surface area (Å²) in [5.74, 6) is -1.24. The third kappa shape index (κ3) is 2.05. The van der Waals surface area contributed by atoms with E-state index in [1.165, 1.54) is 23.5 Å². The maximum Gasteiger partial charge on any atom is 0.336 e. The molecular formula is C11H7FO2S. The highest BCUT2D eigenvalue weighted by Crippen LogP contribution is 2.27. The summed E-state index contributed by atoms with van der Waals surface area (Å²) in [5.41, 5.74) is 1.09. The molecule has 0 atom stereocenters. The predicted molar refractivity (Wildman–Crippen MR) is 56.7 cm³/mol. The van der Waals surface area contributed by atoms with E-state index >= 15 is 0 Å². The van der Waals surface area contributed by atoms with Crippen molar-refractivity contribution in [1.82, 2.24) is 0 Å². The summed E-state index contributed by atoms with van der Waals surface area (Å²) in [7, 11) is 0. The molecule has 0 aliphatic carbocycles. The number of carbonyl (C=O) groups is 1. The first kappa shape index (κ1) is 9.86. The van der Waals surface area contributed by atoms with Gasteiger partial charge >= 0.3 is 5.97 Å². The van der Waals surface area contributed by atoms with E-state index in [0.29, 0.717) is 0 Å². The molecule has 2 nitrogen and oxygen atoms in total. The quantitative estimate of drug-likeness (QED) is 0.846. The number of hydrogen-bond donors (Lipinski definition) is 1. The van der Waals surface area contributed by atoms with Gasteiger partial charge in [0.25, 0.3) is 0 Å². The van der Waals surface area contributed by atoms with Gasteiger partial charge in [-0.25, -0.2) is 9.18 Å². The fourth-order valence-electron chi connectivity index (χ4n) is 1.21. The number of carboxylic acids is 1. The van der Waals surface area contributed by atoms with Crippen molar-refractivity contribution in [3.8, 4) is 10.4 Å². The Morgan fingerprint density at radius 3 is 2.47 bits per heavy atom. The molecule has 0 spiro atoms. The van der Waals surface area contributed by atoms with Crippen molar-refractivity contribution < 1.29 is 14.3 Å². The molecule has 0 bridgehead atoms. The van der Waals surface area contributed by atoms with E-state index in [1.54, 1.807) is 23.6 Å². The van der Waals surface area contributed by atoms with Crippen LogP contribution in [0.4, 0.5) is 4.39 Å². The van der Waals surface area contributed by atoms with Gasteiger partial charge in [0.1, 0.15) is 5.82 Å². The minimum absolute atomic E-state index is 0.263. The van der Waals surface area contributed by atoms with E-state index in [2.05, 4.69) is 0 Å². The predicted octanol–water partition coefficient (Wildman–Crippen LogP) is 3.25. The molecule has 4 heteroatoms. The minimum atomic E-state index is -0.945. The van der Waals surface area contributed by atoms with Gasteiger partial charge in [-0.05, 0) is 23.8 Å². The Labute approximate surface area is 89.6 Å². The fourth-order valence-corrected chi connectivity index (χ4v) is 2.10. The Bertz CT molecular complexity index is 488. The van der Waals surface area contributed by atoms with Crippen LogP contribution in [-0.4, -0.2) is 11.1 Å². The first-order valence-corrected chi connectivity index (χ1v) is 5.12. The van der Waals surface area contributed by atoms with E-state index < -0.39 is 5.97 Å². The van der Waals surface area contributed by atoms with Gasteiger partial charge in [0.05, 0.1) is 5.56 Å². The Morgan fingerprint density at radius 2 is 1.93 bits per heavy atom. The Hall–Kier alpha value is -1.68. The standard InChI is InChI=1S/C11H7FO2S/c12-9-3-1-7(2-4-9)10-5-8(6-15-10)11(13)14/h1-6H,(H,13,14). The molecule has 1 heterocycles. The van der Waals surface area contributed by atoms with Crippen molar-refractivity contribution in [2.75, 3.05) is 0 Å². The van der Waals surface area contributed by atoms with Crippen molar-refractivity contribution >= 4 is 17.3 Å². The number of hydrogen-bond acceptors (Lipinski definition) is 2. The molecule has 0 saturated carbocycles. The van der Waals surface area contributed by atoms with Crippen molar-refractivity contribution in [3.05, 3.63) is 47.1 Å². The molecule has 0 radical (unpaired) electrons. The number of thiophene rings is 1. The second kappa shape index (κ2) is 3.82. The van der Waals surface area contributed by atoms with Gasteiger partial charge in [-0.1, -0.05) is 12.1 Å². The fraction of sp³-hybridized carbons (Fsp3) is 0. The lowest BCUT2D eigenvalue weighted by molar-refractivity contribution is 0.0697. The zero-order valence-corrected chi connectivity index (χ0v) is 8.42. The highest BCUT2D eigenvalue weighted by atomic mass is 32.1. The third-order valence-electron chi connectivity index (χ3n) is 1.98. The van der Waals surface area contributed by atoms with Gasteiger partial charge in [-0.3, -0.25) is 0 Å². The lowest BCUT2D eigenvalue weighted by atomic mass is 10.1. The normalized spacial score (nSPS) is 10.2. The number of carboxylic acid groups (broad SMARTS) is 1. The molecule has 2 rings (SSSR count). The van der Waals surface area contributed by atoms with Gasteiger partial charge in [-0.2, -0.15) is 0 Å². The van der Waals surface area contributed by atoms with E-state index in [-0.39, 0.29) is 11.4 Å². The monoisotopic (exact) mass is 222 g/mol. The number of aromatic carboxylic acids is 1. The molecule has 1 aromatic carbocycles. The summed E-state index contributed by atoms with van der Waals surface area (Å²) in [4.78, 5) is 11.5. The van der Waals surface area contributed by atoms with Crippen LogP contribution in [-0.2, 0) is 0 Å². The molecule has 15 heavy (non-hydrogen) atoms. The van der Waals surface area contributed by atoms with Crippen molar-refractivity contribution in [2.24, 2.45) is 0 Å². The molecule has 0 amide bonds. The van der Waals surface area contributed by atoms with Crippen LogP contribution in [0.2, 0.25) is 0 Å². The summed E-state index contributed by atoms with van der Waals surface area (Å²) in [6, 6.07) is 7.56. The first-order valence-electron chi connectivity index (χ1n) is 4.24. The lowest BCUT2D eigenvalue weighted by Crippen LogP contribution is -1.91. The van der Waals surface area contributed by atoms with Gasteiger partial charge in [0.2, 0.25) is 0 Å². The SMILES string of the molecule is O=C(O)c1csc(-c2ccc(F)cc2)c1. The molecule has 0 aliphatic rings. The van der Waals surface area contributed by atoms with Crippen LogP contribution in [0, 0.1) is 5.82 Å². The van der Waals surface area contributed by atoms with Crippen LogP contribution < -0.4 is 0 Å². The topological polar surface area (TPSA) is 37.3 Å². The van der Waals surface area contributed by atoms with Crippen LogP contribution >= 0.6 is 11.3 Å². The minimum Gasteiger partial charge on any atom is -0.478 e. The number of benzene rings is 1. The van der Waals surface area contributed by atoms with E-state index in [0.717, 1.165) is 10.4 Å². The lowest BCUT2D eigenvalue weighted by Gasteiger charge is -1.95. The summed E-state index contributed by atoms with van der Waals surface area (Å²) in [6.45, 7) is 0. The molecule has 1 N–H and O–H groups in total. The summed E-state index contributed by atoms with van der Waals surface area (Å²) in [6.07, 6.45) is 0. The van der Waals surface area contributed by atoms with E-state index in [1.807, 2.05) is 0 Å². The van der Waals surface area contributed by atoms with Crippen LogP contribution in [0.15, 0.2) is 35.7 Å². The van der Waals surface area contributed by atoms with Crippen LogP contribution in [0.1, 0.15) is 10.4 Å². The van der Waals surface area contributed by atoms with Crippen LogP contribution in [0.5, 0.6) is 0 Å². The van der Waals surface area contributed by atoms with Crippen LogP contribution in [0.25, 0.3) is 10.4 Å². The zero-order chi connectivity index (χ0) is 10.8. The molecule has 1 aromatic heterocycles. The molecule has 0 saturated heterocycles. The zero-order valence-electron chi connectivity index (χ0n) is 7.61. The maximum atomic E-state index is 12.6. The Kier molecular flexibility index (Phi) is 2.51.